The first-order valence-electron chi connectivity index (χ1n) is 5.89. The van der Waals surface area contributed by atoms with E-state index in [0.29, 0.717) is 11.3 Å². The van der Waals surface area contributed by atoms with Crippen molar-refractivity contribution in [1.29, 1.82) is 0 Å². The topological polar surface area (TPSA) is 25.2 Å². The molecule has 1 heterocycles. The molecule has 0 saturated carbocycles. The van der Waals surface area contributed by atoms with Crippen LogP contribution in [0.1, 0.15) is 16.1 Å². The number of rotatable bonds is 3. The summed E-state index contributed by atoms with van der Waals surface area (Å²) in [5.41, 5.74) is 1.05. The van der Waals surface area contributed by atoms with Crippen molar-refractivity contribution in [1.82, 2.24) is 9.47 Å². The zero-order valence-corrected chi connectivity index (χ0v) is 12.6. The van der Waals surface area contributed by atoms with Crippen molar-refractivity contribution in [2.24, 2.45) is 7.05 Å². The van der Waals surface area contributed by atoms with Crippen LogP contribution in [0.5, 0.6) is 0 Å². The largest absolute Gasteiger partial charge is 0.345 e. The van der Waals surface area contributed by atoms with Crippen LogP contribution in [0.15, 0.2) is 34.9 Å². The van der Waals surface area contributed by atoms with Gasteiger partial charge >= 0.3 is 0 Å². The predicted octanol–water partition coefficient (Wildman–Crippen LogP) is 3.34. The molecule has 0 spiro atoms. The van der Waals surface area contributed by atoms with Crippen molar-refractivity contribution in [3.63, 3.8) is 0 Å². The summed E-state index contributed by atoms with van der Waals surface area (Å²) >= 11 is 3.30. The number of aryl methyl sites for hydroxylation is 1. The highest BCUT2D eigenvalue weighted by Gasteiger charge is 2.16. The molecule has 20 heavy (non-hydrogen) atoms. The van der Waals surface area contributed by atoms with Crippen molar-refractivity contribution >= 4 is 21.8 Å². The average molecular weight is 343 g/mol. The predicted molar refractivity (Wildman–Crippen MR) is 75.3 cm³/mol. The van der Waals surface area contributed by atoms with Crippen molar-refractivity contribution in [2.75, 3.05) is 7.05 Å². The summed E-state index contributed by atoms with van der Waals surface area (Å²) in [5.74, 6) is -2.00. The molecule has 0 atom stereocenters. The molecular formula is C14H13BrF2N2O. The number of hydrogen-bond donors (Lipinski definition) is 0. The van der Waals surface area contributed by atoms with Gasteiger partial charge in [0.1, 0.15) is 5.69 Å². The number of hydrogen-bond acceptors (Lipinski definition) is 1. The van der Waals surface area contributed by atoms with Gasteiger partial charge in [-0.15, -0.1) is 0 Å². The van der Waals surface area contributed by atoms with Crippen molar-refractivity contribution in [3.05, 3.63) is 57.8 Å². The molecule has 3 nitrogen and oxygen atoms in total. The summed E-state index contributed by atoms with van der Waals surface area (Å²) in [6.07, 6.45) is 1.78. The Kier molecular flexibility index (Phi) is 4.23. The summed E-state index contributed by atoms with van der Waals surface area (Å²) in [6, 6.07) is 5.33. The lowest BCUT2D eigenvalue weighted by Gasteiger charge is -2.17. The van der Waals surface area contributed by atoms with Gasteiger partial charge in [0.2, 0.25) is 0 Å². The summed E-state index contributed by atoms with van der Waals surface area (Å²) in [4.78, 5) is 13.7. The lowest BCUT2D eigenvalue weighted by molar-refractivity contribution is 0.0775. The van der Waals surface area contributed by atoms with Gasteiger partial charge in [-0.2, -0.15) is 0 Å². The summed E-state index contributed by atoms with van der Waals surface area (Å²) in [5, 5.41) is 0. The fourth-order valence-corrected chi connectivity index (χ4v) is 2.44. The number of nitrogens with zero attached hydrogens (tertiary/aromatic N) is 2. The van der Waals surface area contributed by atoms with Gasteiger partial charge in [0.05, 0.1) is 0 Å². The number of carbonyl (C=O) groups is 1. The molecule has 0 radical (unpaired) electrons. The minimum absolute atomic E-state index is 0.192. The Labute approximate surface area is 123 Å². The van der Waals surface area contributed by atoms with Crippen LogP contribution >= 0.6 is 15.9 Å². The number of aromatic nitrogens is 1. The Morgan fingerprint density at radius 2 is 2.00 bits per heavy atom. The molecule has 0 unspecified atom stereocenters. The van der Waals surface area contributed by atoms with Crippen molar-refractivity contribution in [3.8, 4) is 0 Å². The summed E-state index contributed by atoms with van der Waals surface area (Å²) in [6.45, 7) is 0.207. The maximum atomic E-state index is 13.1. The van der Waals surface area contributed by atoms with E-state index in [2.05, 4.69) is 15.9 Å². The molecule has 106 valence electrons. The molecule has 1 aromatic heterocycles. The molecule has 1 aromatic carbocycles. The highest BCUT2D eigenvalue weighted by atomic mass is 79.9. The van der Waals surface area contributed by atoms with E-state index in [4.69, 9.17) is 0 Å². The van der Waals surface area contributed by atoms with Crippen LogP contribution in [0.3, 0.4) is 0 Å². The van der Waals surface area contributed by atoms with Gasteiger partial charge in [-0.3, -0.25) is 4.79 Å². The van der Waals surface area contributed by atoms with Gasteiger partial charge in [0, 0.05) is 31.3 Å². The maximum Gasteiger partial charge on any atom is 0.270 e. The number of halogens is 3. The van der Waals surface area contributed by atoms with Gasteiger partial charge in [-0.05, 0) is 39.7 Å². The van der Waals surface area contributed by atoms with E-state index < -0.39 is 11.6 Å². The Morgan fingerprint density at radius 1 is 1.30 bits per heavy atom. The highest BCUT2D eigenvalue weighted by Crippen LogP contribution is 2.16. The van der Waals surface area contributed by atoms with Crippen LogP contribution in [0, 0.1) is 11.6 Å². The second-order valence-corrected chi connectivity index (χ2v) is 5.48. The quantitative estimate of drug-likeness (QED) is 0.839. The first-order valence-corrected chi connectivity index (χ1v) is 6.69. The molecule has 1 amide bonds. The summed E-state index contributed by atoms with van der Waals surface area (Å²) < 4.78 is 28.5. The second kappa shape index (κ2) is 5.75. The fourth-order valence-electron chi connectivity index (χ4n) is 1.92. The molecule has 0 aliphatic heterocycles. The van der Waals surface area contributed by atoms with Crippen molar-refractivity contribution in [2.45, 2.75) is 6.54 Å². The van der Waals surface area contributed by atoms with E-state index in [1.54, 1.807) is 30.9 Å². The zero-order valence-electron chi connectivity index (χ0n) is 11.0. The van der Waals surface area contributed by atoms with Crippen molar-refractivity contribution < 1.29 is 13.6 Å². The number of benzene rings is 1. The third-order valence-electron chi connectivity index (χ3n) is 2.94. The average Bonchev–Trinajstić information content (AvgIpc) is 2.72. The molecule has 0 N–H and O–H groups in total. The van der Waals surface area contributed by atoms with Crippen LogP contribution in [-0.2, 0) is 13.6 Å². The van der Waals surface area contributed by atoms with Gasteiger partial charge in [0.25, 0.3) is 5.91 Å². The number of amides is 1. The Balaban J connectivity index is 2.15. The molecule has 6 heteroatoms. The van der Waals surface area contributed by atoms with Crippen LogP contribution in [0.25, 0.3) is 0 Å². The molecule has 0 bridgehead atoms. The lowest BCUT2D eigenvalue weighted by Crippen LogP contribution is -2.27. The fraction of sp³-hybridized carbons (Fsp3) is 0.214. The van der Waals surface area contributed by atoms with Gasteiger partial charge in [0.15, 0.2) is 11.6 Å². The Hall–Kier alpha value is -1.69. The SMILES string of the molecule is CN(Cc1ccc(F)c(F)c1)C(=O)c1cc(Br)cn1C. The molecule has 0 aliphatic rings. The van der Waals surface area contributed by atoms with E-state index in [1.165, 1.54) is 11.0 Å². The Bertz CT molecular complexity index is 655. The van der Waals surface area contributed by atoms with Crippen LogP contribution in [0.4, 0.5) is 8.78 Å². The van der Waals surface area contributed by atoms with E-state index in [0.717, 1.165) is 16.6 Å². The molecule has 0 saturated heterocycles. The van der Waals surface area contributed by atoms with Gasteiger partial charge in [-0.1, -0.05) is 6.07 Å². The molecule has 0 fully saturated rings. The maximum absolute atomic E-state index is 13.1. The normalized spacial score (nSPS) is 10.7. The molecule has 0 aliphatic carbocycles. The zero-order chi connectivity index (χ0) is 14.9. The van der Waals surface area contributed by atoms with E-state index >= 15 is 0 Å². The monoisotopic (exact) mass is 342 g/mol. The second-order valence-electron chi connectivity index (χ2n) is 4.56. The first-order chi connectivity index (χ1) is 9.38. The summed E-state index contributed by atoms with van der Waals surface area (Å²) in [7, 11) is 3.38. The molecular weight excluding hydrogens is 330 g/mol. The third kappa shape index (κ3) is 3.07. The number of carbonyl (C=O) groups excluding carboxylic acids is 1. The van der Waals surface area contributed by atoms with E-state index in [1.807, 2.05) is 0 Å². The minimum atomic E-state index is -0.912. The highest BCUT2D eigenvalue weighted by molar-refractivity contribution is 9.10. The third-order valence-corrected chi connectivity index (χ3v) is 3.37. The lowest BCUT2D eigenvalue weighted by atomic mass is 10.2. The van der Waals surface area contributed by atoms with Gasteiger partial charge < -0.3 is 9.47 Å². The standard InChI is InChI=1S/C14H13BrF2N2O/c1-18-8-10(15)6-13(18)14(20)19(2)7-9-3-4-11(16)12(17)5-9/h3-6,8H,7H2,1-2H3. The van der Waals surface area contributed by atoms with E-state index in [-0.39, 0.29) is 12.5 Å². The first kappa shape index (κ1) is 14.7. The molecule has 2 rings (SSSR count). The van der Waals surface area contributed by atoms with Crippen LogP contribution < -0.4 is 0 Å². The van der Waals surface area contributed by atoms with E-state index in [9.17, 15) is 13.6 Å². The van der Waals surface area contributed by atoms with Crippen LogP contribution in [0.2, 0.25) is 0 Å². The van der Waals surface area contributed by atoms with Crippen LogP contribution in [-0.4, -0.2) is 22.4 Å². The smallest absolute Gasteiger partial charge is 0.270 e. The minimum Gasteiger partial charge on any atom is -0.345 e. The van der Waals surface area contributed by atoms with Gasteiger partial charge in [-0.25, -0.2) is 8.78 Å². The Morgan fingerprint density at radius 3 is 2.55 bits per heavy atom. The molecule has 2 aromatic rings.